The van der Waals surface area contributed by atoms with Gasteiger partial charge in [-0.15, -0.1) is 11.3 Å². The van der Waals surface area contributed by atoms with Crippen LogP contribution in [0.25, 0.3) is 0 Å². The summed E-state index contributed by atoms with van der Waals surface area (Å²) in [5.74, 6) is -0.587. The van der Waals surface area contributed by atoms with E-state index in [1.54, 1.807) is 24.3 Å². The first-order valence-electron chi connectivity index (χ1n) is 6.64. The summed E-state index contributed by atoms with van der Waals surface area (Å²) in [5.41, 5.74) is 2.12. The standard InChI is InChI=1S/C16H17NO3S/c1-4-13-10(2)8-14(21-13)15(18)17-12-7-5-6-11(9-12)16(19)20-3/h5-9H,4H2,1-3H3,(H,17,18). The molecule has 1 heterocycles. The highest BCUT2D eigenvalue weighted by molar-refractivity contribution is 7.14. The van der Waals surface area contributed by atoms with E-state index in [1.165, 1.54) is 23.3 Å². The number of carbonyl (C=O) groups excluding carboxylic acids is 2. The molecule has 21 heavy (non-hydrogen) atoms. The van der Waals surface area contributed by atoms with E-state index in [1.807, 2.05) is 13.0 Å². The van der Waals surface area contributed by atoms with Crippen molar-refractivity contribution >= 4 is 28.9 Å². The van der Waals surface area contributed by atoms with Crippen molar-refractivity contribution in [3.63, 3.8) is 0 Å². The minimum absolute atomic E-state index is 0.162. The molecule has 0 saturated heterocycles. The summed E-state index contributed by atoms with van der Waals surface area (Å²) >= 11 is 1.50. The van der Waals surface area contributed by atoms with Crippen LogP contribution in [0.15, 0.2) is 30.3 Å². The maximum atomic E-state index is 12.2. The van der Waals surface area contributed by atoms with Gasteiger partial charge in [-0.1, -0.05) is 13.0 Å². The van der Waals surface area contributed by atoms with Crippen LogP contribution >= 0.6 is 11.3 Å². The minimum Gasteiger partial charge on any atom is -0.465 e. The lowest BCUT2D eigenvalue weighted by molar-refractivity contribution is 0.0600. The number of nitrogens with one attached hydrogen (secondary N) is 1. The van der Waals surface area contributed by atoms with Crippen LogP contribution in [-0.4, -0.2) is 19.0 Å². The van der Waals surface area contributed by atoms with Gasteiger partial charge in [0.15, 0.2) is 0 Å². The van der Waals surface area contributed by atoms with Gasteiger partial charge in [0.1, 0.15) is 0 Å². The van der Waals surface area contributed by atoms with Crippen LogP contribution in [0.1, 0.15) is 37.4 Å². The summed E-state index contributed by atoms with van der Waals surface area (Å²) in [4.78, 5) is 25.6. The van der Waals surface area contributed by atoms with Crippen molar-refractivity contribution in [2.75, 3.05) is 12.4 Å². The van der Waals surface area contributed by atoms with Crippen molar-refractivity contribution < 1.29 is 14.3 Å². The number of methoxy groups -OCH3 is 1. The maximum absolute atomic E-state index is 12.2. The SMILES string of the molecule is CCc1sc(C(=O)Nc2cccc(C(=O)OC)c2)cc1C. The van der Waals surface area contributed by atoms with Gasteiger partial charge in [-0.25, -0.2) is 4.79 Å². The topological polar surface area (TPSA) is 55.4 Å². The van der Waals surface area contributed by atoms with Crippen LogP contribution < -0.4 is 5.32 Å². The fraction of sp³-hybridized carbons (Fsp3) is 0.250. The summed E-state index contributed by atoms with van der Waals surface area (Å²) < 4.78 is 4.66. The fourth-order valence-electron chi connectivity index (χ4n) is 2.02. The molecule has 2 rings (SSSR count). The summed E-state index contributed by atoms with van der Waals surface area (Å²) in [6, 6.07) is 8.59. The zero-order valence-corrected chi connectivity index (χ0v) is 13.0. The number of benzene rings is 1. The Morgan fingerprint density at radius 1 is 1.29 bits per heavy atom. The van der Waals surface area contributed by atoms with Crippen molar-refractivity contribution in [2.45, 2.75) is 20.3 Å². The second kappa shape index (κ2) is 6.54. The highest BCUT2D eigenvalue weighted by atomic mass is 32.1. The number of rotatable bonds is 4. The molecule has 0 atom stereocenters. The van der Waals surface area contributed by atoms with E-state index >= 15 is 0 Å². The number of carbonyl (C=O) groups is 2. The second-order valence-electron chi connectivity index (χ2n) is 4.60. The van der Waals surface area contributed by atoms with Crippen molar-refractivity contribution in [3.05, 3.63) is 51.2 Å². The van der Waals surface area contributed by atoms with Crippen molar-refractivity contribution in [1.82, 2.24) is 0 Å². The quantitative estimate of drug-likeness (QED) is 0.877. The molecule has 0 aliphatic heterocycles. The Labute approximate surface area is 127 Å². The molecule has 0 fully saturated rings. The van der Waals surface area contributed by atoms with Gasteiger partial charge in [0.05, 0.1) is 17.6 Å². The third kappa shape index (κ3) is 3.49. The van der Waals surface area contributed by atoms with Gasteiger partial charge in [0, 0.05) is 10.6 Å². The summed E-state index contributed by atoms with van der Waals surface area (Å²) in [6.45, 7) is 4.07. The first kappa shape index (κ1) is 15.3. The molecular weight excluding hydrogens is 286 g/mol. The lowest BCUT2D eigenvalue weighted by Crippen LogP contribution is -2.11. The lowest BCUT2D eigenvalue weighted by atomic mass is 10.2. The molecule has 2 aromatic rings. The van der Waals surface area contributed by atoms with Gasteiger partial charge in [0.25, 0.3) is 5.91 Å². The number of anilines is 1. The fourth-order valence-corrected chi connectivity index (χ4v) is 3.03. The highest BCUT2D eigenvalue weighted by Gasteiger charge is 2.13. The molecule has 0 aliphatic rings. The van der Waals surface area contributed by atoms with Gasteiger partial charge in [-0.3, -0.25) is 4.79 Å². The van der Waals surface area contributed by atoms with Crippen LogP contribution in [-0.2, 0) is 11.2 Å². The van der Waals surface area contributed by atoms with Crippen molar-refractivity contribution in [2.24, 2.45) is 0 Å². The maximum Gasteiger partial charge on any atom is 0.337 e. The number of amides is 1. The molecule has 0 radical (unpaired) electrons. The van der Waals surface area contributed by atoms with Gasteiger partial charge in [-0.2, -0.15) is 0 Å². The first-order chi connectivity index (χ1) is 10.0. The molecule has 1 aromatic carbocycles. The van der Waals surface area contributed by atoms with E-state index in [0.717, 1.165) is 12.0 Å². The molecular formula is C16H17NO3S. The smallest absolute Gasteiger partial charge is 0.337 e. The molecule has 0 bridgehead atoms. The number of hydrogen-bond acceptors (Lipinski definition) is 4. The number of thiophene rings is 1. The number of ether oxygens (including phenoxy) is 1. The monoisotopic (exact) mass is 303 g/mol. The molecule has 0 spiro atoms. The Bertz CT molecular complexity index is 676. The van der Waals surface area contributed by atoms with Crippen LogP contribution in [0.2, 0.25) is 0 Å². The number of hydrogen-bond donors (Lipinski definition) is 1. The Balaban J connectivity index is 2.17. The highest BCUT2D eigenvalue weighted by Crippen LogP contribution is 2.23. The Morgan fingerprint density at radius 2 is 2.05 bits per heavy atom. The number of esters is 1. The Hall–Kier alpha value is -2.14. The van der Waals surface area contributed by atoms with Crippen molar-refractivity contribution in [3.8, 4) is 0 Å². The molecule has 1 amide bonds. The van der Waals surface area contributed by atoms with Gasteiger partial charge in [-0.05, 0) is 43.2 Å². The summed E-state index contributed by atoms with van der Waals surface area (Å²) in [5, 5.41) is 2.81. The zero-order chi connectivity index (χ0) is 15.4. The zero-order valence-electron chi connectivity index (χ0n) is 12.2. The van der Waals surface area contributed by atoms with Gasteiger partial charge in [0.2, 0.25) is 0 Å². The minimum atomic E-state index is -0.425. The predicted octanol–water partition coefficient (Wildman–Crippen LogP) is 3.66. The molecule has 110 valence electrons. The van der Waals surface area contributed by atoms with E-state index in [9.17, 15) is 9.59 Å². The van der Waals surface area contributed by atoms with E-state index in [-0.39, 0.29) is 5.91 Å². The van der Waals surface area contributed by atoms with Gasteiger partial charge < -0.3 is 10.1 Å². The third-order valence-corrected chi connectivity index (χ3v) is 4.49. The van der Waals surface area contributed by atoms with Crippen LogP contribution in [0, 0.1) is 6.92 Å². The molecule has 0 aliphatic carbocycles. The Morgan fingerprint density at radius 3 is 2.67 bits per heavy atom. The lowest BCUT2D eigenvalue weighted by Gasteiger charge is -2.05. The average molecular weight is 303 g/mol. The molecule has 5 heteroatoms. The number of aryl methyl sites for hydroxylation is 2. The third-order valence-electron chi connectivity index (χ3n) is 3.11. The van der Waals surface area contributed by atoms with Crippen molar-refractivity contribution in [1.29, 1.82) is 0 Å². The van der Waals surface area contributed by atoms with E-state index in [4.69, 9.17) is 0 Å². The van der Waals surface area contributed by atoms with Crippen LogP contribution in [0.4, 0.5) is 5.69 Å². The van der Waals surface area contributed by atoms with Crippen LogP contribution in [0.5, 0.6) is 0 Å². The molecule has 0 unspecified atom stereocenters. The molecule has 1 N–H and O–H groups in total. The summed E-state index contributed by atoms with van der Waals surface area (Å²) in [7, 11) is 1.33. The predicted molar refractivity (Wildman–Crippen MR) is 84.2 cm³/mol. The average Bonchev–Trinajstić information content (AvgIpc) is 2.88. The molecule has 4 nitrogen and oxygen atoms in total. The van der Waals surface area contributed by atoms with E-state index in [2.05, 4.69) is 17.0 Å². The largest absolute Gasteiger partial charge is 0.465 e. The summed E-state index contributed by atoms with van der Waals surface area (Å²) in [6.07, 6.45) is 0.918. The first-order valence-corrected chi connectivity index (χ1v) is 7.45. The van der Waals surface area contributed by atoms with Crippen LogP contribution in [0.3, 0.4) is 0 Å². The van der Waals surface area contributed by atoms with E-state index in [0.29, 0.717) is 16.1 Å². The van der Waals surface area contributed by atoms with Gasteiger partial charge >= 0.3 is 5.97 Å². The van der Waals surface area contributed by atoms with E-state index < -0.39 is 5.97 Å². The normalized spacial score (nSPS) is 10.2. The Kier molecular flexibility index (Phi) is 4.75. The molecule has 0 saturated carbocycles. The molecule has 1 aromatic heterocycles. The second-order valence-corrected chi connectivity index (χ2v) is 5.73.